The van der Waals surface area contributed by atoms with Gasteiger partial charge in [-0.15, -0.1) is 10.2 Å². The molecule has 166 valence electrons. The lowest BCUT2D eigenvalue weighted by Crippen LogP contribution is -2.17. The van der Waals surface area contributed by atoms with Crippen molar-refractivity contribution in [2.75, 3.05) is 7.11 Å². The highest BCUT2D eigenvalue weighted by molar-refractivity contribution is 5.72. The summed E-state index contributed by atoms with van der Waals surface area (Å²) in [6.45, 7) is -0.0372. The van der Waals surface area contributed by atoms with Crippen LogP contribution in [0.1, 0.15) is 16.8 Å². The first kappa shape index (κ1) is 21.8. The maximum Gasteiger partial charge on any atom is 0.437 e. The van der Waals surface area contributed by atoms with Gasteiger partial charge in [-0.1, -0.05) is 24.3 Å². The molecule has 0 fully saturated rings. The SMILES string of the molecule is COc1ccc(COc2c(-c3ccc(C#N)cc3)nnc(C(F)(F)F)c2-n2cccn2)cc1. The van der Waals surface area contributed by atoms with Gasteiger partial charge in [0.25, 0.3) is 0 Å². The average molecular weight is 451 g/mol. The molecule has 0 unspecified atom stereocenters. The number of hydrogen-bond acceptors (Lipinski definition) is 6. The number of halogens is 3. The van der Waals surface area contributed by atoms with Gasteiger partial charge in [0, 0.05) is 18.0 Å². The highest BCUT2D eigenvalue weighted by Gasteiger charge is 2.40. The molecule has 2 heterocycles. The first-order valence-corrected chi connectivity index (χ1v) is 9.65. The summed E-state index contributed by atoms with van der Waals surface area (Å²) in [5, 5.41) is 20.3. The van der Waals surface area contributed by atoms with Crippen LogP contribution in [0.15, 0.2) is 67.0 Å². The molecule has 33 heavy (non-hydrogen) atoms. The molecule has 0 amide bonds. The van der Waals surface area contributed by atoms with Gasteiger partial charge in [0.1, 0.15) is 23.7 Å². The minimum Gasteiger partial charge on any atom is -0.497 e. The van der Waals surface area contributed by atoms with E-state index >= 15 is 0 Å². The van der Waals surface area contributed by atoms with Crippen LogP contribution in [0.3, 0.4) is 0 Å². The van der Waals surface area contributed by atoms with Crippen LogP contribution in [-0.4, -0.2) is 27.1 Å². The molecule has 4 aromatic rings. The largest absolute Gasteiger partial charge is 0.497 e. The Morgan fingerprint density at radius 3 is 2.33 bits per heavy atom. The van der Waals surface area contributed by atoms with E-state index in [-0.39, 0.29) is 23.7 Å². The molecule has 10 heteroatoms. The lowest BCUT2D eigenvalue weighted by molar-refractivity contribution is -0.141. The average Bonchev–Trinajstić information content (AvgIpc) is 3.36. The molecule has 0 atom stereocenters. The number of rotatable bonds is 6. The Hall–Kier alpha value is -4.39. The van der Waals surface area contributed by atoms with Crippen molar-refractivity contribution >= 4 is 0 Å². The van der Waals surface area contributed by atoms with Gasteiger partial charge in [0.15, 0.2) is 11.4 Å². The van der Waals surface area contributed by atoms with E-state index in [0.717, 1.165) is 4.68 Å². The molecule has 0 spiro atoms. The van der Waals surface area contributed by atoms with E-state index in [1.165, 1.54) is 37.7 Å². The predicted molar refractivity (Wildman–Crippen MR) is 112 cm³/mol. The maximum absolute atomic E-state index is 13.9. The maximum atomic E-state index is 13.9. The summed E-state index contributed by atoms with van der Waals surface area (Å²) in [4.78, 5) is 0. The van der Waals surface area contributed by atoms with E-state index in [0.29, 0.717) is 22.4 Å². The molecular formula is C23H16F3N5O2. The fourth-order valence-corrected chi connectivity index (χ4v) is 3.12. The summed E-state index contributed by atoms with van der Waals surface area (Å²) >= 11 is 0. The molecule has 0 aliphatic heterocycles. The van der Waals surface area contributed by atoms with Crippen molar-refractivity contribution in [1.29, 1.82) is 5.26 Å². The lowest BCUT2D eigenvalue weighted by Gasteiger charge is -2.19. The molecule has 0 N–H and O–H groups in total. The first-order chi connectivity index (χ1) is 15.9. The summed E-state index contributed by atoms with van der Waals surface area (Å²) < 4.78 is 53.7. The Labute approximate surface area is 186 Å². The Morgan fingerprint density at radius 2 is 1.76 bits per heavy atom. The molecule has 4 rings (SSSR count). The zero-order chi connectivity index (χ0) is 23.4. The molecular weight excluding hydrogens is 435 g/mol. The normalized spacial score (nSPS) is 11.1. The fourth-order valence-electron chi connectivity index (χ4n) is 3.12. The summed E-state index contributed by atoms with van der Waals surface area (Å²) in [6, 6.07) is 16.6. The van der Waals surface area contributed by atoms with E-state index in [4.69, 9.17) is 14.7 Å². The zero-order valence-electron chi connectivity index (χ0n) is 17.2. The second-order valence-electron chi connectivity index (χ2n) is 6.85. The third-order valence-electron chi connectivity index (χ3n) is 4.74. The minimum absolute atomic E-state index is 0.0372. The quantitative estimate of drug-likeness (QED) is 0.418. The zero-order valence-corrected chi connectivity index (χ0v) is 17.2. The van der Waals surface area contributed by atoms with Crippen molar-refractivity contribution in [3.05, 3.63) is 83.8 Å². The van der Waals surface area contributed by atoms with Crippen LogP contribution in [0.5, 0.6) is 11.5 Å². The summed E-state index contributed by atoms with van der Waals surface area (Å²) in [7, 11) is 1.53. The van der Waals surface area contributed by atoms with Gasteiger partial charge in [-0.05, 0) is 35.9 Å². The van der Waals surface area contributed by atoms with Crippen LogP contribution in [0.25, 0.3) is 16.9 Å². The molecule has 2 aromatic heterocycles. The molecule has 0 aliphatic carbocycles. The van der Waals surface area contributed by atoms with Gasteiger partial charge in [-0.25, -0.2) is 4.68 Å². The van der Waals surface area contributed by atoms with Crippen molar-refractivity contribution in [2.45, 2.75) is 12.8 Å². The Bertz CT molecular complexity index is 1280. The Morgan fingerprint density at radius 1 is 1.03 bits per heavy atom. The lowest BCUT2D eigenvalue weighted by atomic mass is 10.1. The number of nitriles is 1. The third-order valence-corrected chi connectivity index (χ3v) is 4.74. The summed E-state index contributed by atoms with van der Waals surface area (Å²) in [5.74, 6) is 0.501. The first-order valence-electron chi connectivity index (χ1n) is 9.65. The third kappa shape index (κ3) is 4.62. The standard InChI is InChI=1S/C23H16F3N5O2/c1-32-18-9-5-16(6-10-18)14-33-21-19(17-7-3-15(13-27)4-8-17)29-30-22(23(24,25)26)20(21)31-12-2-11-28-31/h2-12H,14H2,1H3. The van der Waals surface area contributed by atoms with E-state index in [1.54, 1.807) is 36.4 Å². The van der Waals surface area contributed by atoms with Crippen LogP contribution in [0.2, 0.25) is 0 Å². The van der Waals surface area contributed by atoms with Gasteiger partial charge in [-0.3, -0.25) is 0 Å². The predicted octanol–water partition coefficient (Wildman–Crippen LogP) is 4.81. The fraction of sp³-hybridized carbons (Fsp3) is 0.130. The van der Waals surface area contributed by atoms with Crippen LogP contribution in [0, 0.1) is 11.3 Å². The van der Waals surface area contributed by atoms with Crippen molar-refractivity contribution in [2.24, 2.45) is 0 Å². The number of methoxy groups -OCH3 is 1. The molecule has 7 nitrogen and oxygen atoms in total. The summed E-state index contributed by atoms with van der Waals surface area (Å²) in [6.07, 6.45) is -2.07. The molecule has 0 radical (unpaired) electrons. The number of benzene rings is 2. The van der Waals surface area contributed by atoms with Crippen molar-refractivity contribution < 1.29 is 22.6 Å². The molecule has 0 aliphatic rings. The van der Waals surface area contributed by atoms with Crippen LogP contribution in [-0.2, 0) is 12.8 Å². The van der Waals surface area contributed by atoms with Crippen LogP contribution < -0.4 is 9.47 Å². The van der Waals surface area contributed by atoms with E-state index in [9.17, 15) is 13.2 Å². The number of alkyl halides is 3. The van der Waals surface area contributed by atoms with E-state index in [2.05, 4.69) is 15.3 Å². The number of ether oxygens (including phenoxy) is 2. The molecule has 2 aromatic carbocycles. The Balaban J connectivity index is 1.86. The van der Waals surface area contributed by atoms with Gasteiger partial charge in [0.2, 0.25) is 0 Å². The molecule has 0 saturated heterocycles. The van der Waals surface area contributed by atoms with Gasteiger partial charge in [-0.2, -0.15) is 23.5 Å². The number of aromatic nitrogens is 4. The van der Waals surface area contributed by atoms with Crippen molar-refractivity contribution in [3.8, 4) is 34.5 Å². The summed E-state index contributed by atoms with van der Waals surface area (Å²) in [5.41, 5.74) is 0.0218. The number of hydrogen-bond donors (Lipinski definition) is 0. The Kier molecular flexibility index (Phi) is 5.95. The second-order valence-corrected chi connectivity index (χ2v) is 6.85. The van der Waals surface area contributed by atoms with Gasteiger partial charge in [0.05, 0.1) is 18.7 Å². The van der Waals surface area contributed by atoms with Gasteiger partial charge >= 0.3 is 6.18 Å². The van der Waals surface area contributed by atoms with E-state index < -0.39 is 11.9 Å². The molecule has 0 bridgehead atoms. The highest BCUT2D eigenvalue weighted by Crippen LogP contribution is 2.41. The van der Waals surface area contributed by atoms with Gasteiger partial charge < -0.3 is 9.47 Å². The van der Waals surface area contributed by atoms with E-state index in [1.807, 2.05) is 6.07 Å². The monoisotopic (exact) mass is 451 g/mol. The number of nitrogens with zero attached hydrogens (tertiary/aromatic N) is 5. The van der Waals surface area contributed by atoms with Crippen LogP contribution >= 0.6 is 0 Å². The van der Waals surface area contributed by atoms with Crippen molar-refractivity contribution in [3.63, 3.8) is 0 Å². The minimum atomic E-state index is -4.80. The van der Waals surface area contributed by atoms with Crippen LogP contribution in [0.4, 0.5) is 13.2 Å². The highest BCUT2D eigenvalue weighted by atomic mass is 19.4. The topological polar surface area (TPSA) is 85.9 Å². The smallest absolute Gasteiger partial charge is 0.437 e. The molecule has 0 saturated carbocycles. The second kappa shape index (κ2) is 9.00. The van der Waals surface area contributed by atoms with Crippen molar-refractivity contribution in [1.82, 2.24) is 20.0 Å².